The number of hydrogen-bond acceptors (Lipinski definition) is 6. The first kappa shape index (κ1) is 15.6. The topological polar surface area (TPSA) is 54.4 Å². The van der Waals surface area contributed by atoms with E-state index in [0.717, 1.165) is 54.3 Å². The van der Waals surface area contributed by atoms with Crippen molar-refractivity contribution in [1.82, 2.24) is 15.0 Å². The van der Waals surface area contributed by atoms with E-state index in [2.05, 4.69) is 36.9 Å². The third kappa shape index (κ3) is 2.84. The van der Waals surface area contributed by atoms with Gasteiger partial charge in [-0.1, -0.05) is 12.1 Å². The van der Waals surface area contributed by atoms with Crippen LogP contribution in [0, 0.1) is 6.92 Å². The Labute approximate surface area is 147 Å². The standard InChI is InChI=1S/C19H21N5O/c1-14-19(22-9-8-20-14)24-12-10-23(11-13-24)16-6-7-21-18-15(16)4-3-5-17(18)25-2/h3-9H,10-13H2,1-2H3. The minimum atomic E-state index is 0.813. The molecule has 4 rings (SSSR count). The molecule has 1 aliphatic rings. The van der Waals surface area contributed by atoms with Gasteiger partial charge in [0.2, 0.25) is 0 Å². The predicted molar refractivity (Wildman–Crippen MR) is 99.5 cm³/mol. The van der Waals surface area contributed by atoms with Crippen LogP contribution in [0.5, 0.6) is 5.75 Å². The Morgan fingerprint density at radius 2 is 1.64 bits per heavy atom. The van der Waals surface area contributed by atoms with E-state index in [1.165, 1.54) is 5.69 Å². The number of methoxy groups -OCH3 is 1. The van der Waals surface area contributed by atoms with Gasteiger partial charge in [-0.05, 0) is 19.1 Å². The van der Waals surface area contributed by atoms with Crippen LogP contribution < -0.4 is 14.5 Å². The molecule has 0 N–H and O–H groups in total. The van der Waals surface area contributed by atoms with Crippen molar-refractivity contribution in [3.8, 4) is 5.75 Å². The first-order valence-electron chi connectivity index (χ1n) is 8.47. The molecule has 2 aromatic heterocycles. The van der Waals surface area contributed by atoms with Gasteiger partial charge in [0.25, 0.3) is 0 Å². The number of aromatic nitrogens is 3. The molecule has 128 valence electrons. The molecule has 6 heteroatoms. The predicted octanol–water partition coefficient (Wildman–Crippen LogP) is 2.67. The summed E-state index contributed by atoms with van der Waals surface area (Å²) in [6, 6.07) is 8.17. The van der Waals surface area contributed by atoms with Crippen LogP contribution in [0.25, 0.3) is 10.9 Å². The third-order valence-electron chi connectivity index (χ3n) is 4.71. The van der Waals surface area contributed by atoms with Crippen LogP contribution in [-0.4, -0.2) is 48.2 Å². The van der Waals surface area contributed by atoms with E-state index in [0.29, 0.717) is 0 Å². The molecule has 0 spiro atoms. The molecule has 0 radical (unpaired) electrons. The number of aryl methyl sites for hydroxylation is 1. The number of pyridine rings is 1. The molecule has 0 bridgehead atoms. The molecule has 0 saturated carbocycles. The van der Waals surface area contributed by atoms with Gasteiger partial charge in [-0.3, -0.25) is 9.97 Å². The number of rotatable bonds is 3. The zero-order chi connectivity index (χ0) is 17.2. The number of hydrogen-bond donors (Lipinski definition) is 0. The molecular formula is C19H21N5O. The second-order valence-electron chi connectivity index (χ2n) is 6.13. The minimum Gasteiger partial charge on any atom is -0.494 e. The normalized spacial score (nSPS) is 14.8. The van der Waals surface area contributed by atoms with E-state index in [-0.39, 0.29) is 0 Å². The van der Waals surface area contributed by atoms with Gasteiger partial charge in [0.15, 0.2) is 0 Å². The molecule has 0 atom stereocenters. The first-order chi connectivity index (χ1) is 12.3. The van der Waals surface area contributed by atoms with Crippen molar-refractivity contribution >= 4 is 22.4 Å². The molecule has 0 amide bonds. The SMILES string of the molecule is COc1cccc2c(N3CCN(c4nccnc4C)CC3)ccnc12. The molecule has 1 aromatic carbocycles. The lowest BCUT2D eigenvalue weighted by atomic mass is 10.1. The smallest absolute Gasteiger partial charge is 0.150 e. The molecular weight excluding hydrogens is 314 g/mol. The molecule has 3 heterocycles. The van der Waals surface area contributed by atoms with E-state index in [9.17, 15) is 0 Å². The van der Waals surface area contributed by atoms with Gasteiger partial charge in [-0.15, -0.1) is 0 Å². The van der Waals surface area contributed by atoms with Crippen molar-refractivity contribution in [1.29, 1.82) is 0 Å². The van der Waals surface area contributed by atoms with Crippen molar-refractivity contribution in [2.24, 2.45) is 0 Å². The fourth-order valence-corrected chi connectivity index (χ4v) is 3.44. The number of piperazine rings is 1. The van der Waals surface area contributed by atoms with E-state index in [1.807, 2.05) is 25.3 Å². The summed E-state index contributed by atoms with van der Waals surface area (Å²) in [5.41, 5.74) is 3.10. The van der Waals surface area contributed by atoms with Crippen LogP contribution >= 0.6 is 0 Å². The van der Waals surface area contributed by atoms with Crippen LogP contribution in [0.3, 0.4) is 0 Å². The molecule has 1 fully saturated rings. The quantitative estimate of drug-likeness (QED) is 0.733. The maximum absolute atomic E-state index is 5.45. The van der Waals surface area contributed by atoms with Crippen LogP contribution in [0.2, 0.25) is 0 Å². The number of fused-ring (bicyclic) bond motifs is 1. The van der Waals surface area contributed by atoms with Crippen molar-refractivity contribution in [2.75, 3.05) is 43.1 Å². The van der Waals surface area contributed by atoms with E-state index in [1.54, 1.807) is 19.5 Å². The number of benzene rings is 1. The Morgan fingerprint density at radius 3 is 2.40 bits per heavy atom. The van der Waals surface area contributed by atoms with Crippen molar-refractivity contribution in [3.63, 3.8) is 0 Å². The van der Waals surface area contributed by atoms with Gasteiger partial charge >= 0.3 is 0 Å². The summed E-state index contributed by atoms with van der Waals surface area (Å²) in [5, 5.41) is 1.13. The van der Waals surface area contributed by atoms with Gasteiger partial charge in [0, 0.05) is 55.8 Å². The highest BCUT2D eigenvalue weighted by Crippen LogP contribution is 2.31. The molecule has 6 nitrogen and oxygen atoms in total. The molecule has 0 aliphatic carbocycles. The summed E-state index contributed by atoms with van der Waals surface area (Å²) in [7, 11) is 1.69. The molecule has 25 heavy (non-hydrogen) atoms. The zero-order valence-electron chi connectivity index (χ0n) is 14.5. The Morgan fingerprint density at radius 1 is 0.880 bits per heavy atom. The van der Waals surface area contributed by atoms with Gasteiger partial charge < -0.3 is 14.5 Å². The summed E-state index contributed by atoms with van der Waals surface area (Å²) in [6.07, 6.45) is 5.36. The van der Waals surface area contributed by atoms with Crippen LogP contribution in [-0.2, 0) is 0 Å². The summed E-state index contributed by atoms with van der Waals surface area (Å²) >= 11 is 0. The Kier molecular flexibility index (Phi) is 4.09. The number of ether oxygens (including phenoxy) is 1. The van der Waals surface area contributed by atoms with Gasteiger partial charge in [0.05, 0.1) is 12.8 Å². The third-order valence-corrected chi connectivity index (χ3v) is 4.71. The van der Waals surface area contributed by atoms with Crippen LogP contribution in [0.1, 0.15) is 5.69 Å². The second-order valence-corrected chi connectivity index (χ2v) is 6.13. The molecule has 1 saturated heterocycles. The Hall–Kier alpha value is -2.89. The number of nitrogens with zero attached hydrogens (tertiary/aromatic N) is 5. The largest absolute Gasteiger partial charge is 0.494 e. The van der Waals surface area contributed by atoms with Crippen molar-refractivity contribution in [3.05, 3.63) is 48.5 Å². The van der Waals surface area contributed by atoms with E-state index >= 15 is 0 Å². The minimum absolute atomic E-state index is 0.813. The Balaban J connectivity index is 1.59. The van der Waals surface area contributed by atoms with Gasteiger partial charge in [0.1, 0.15) is 17.1 Å². The lowest BCUT2D eigenvalue weighted by Gasteiger charge is -2.37. The van der Waals surface area contributed by atoms with Crippen molar-refractivity contribution < 1.29 is 4.74 Å². The molecule has 0 unspecified atom stereocenters. The highest BCUT2D eigenvalue weighted by atomic mass is 16.5. The highest BCUT2D eigenvalue weighted by Gasteiger charge is 2.21. The fraction of sp³-hybridized carbons (Fsp3) is 0.316. The lowest BCUT2D eigenvalue weighted by molar-refractivity contribution is 0.419. The first-order valence-corrected chi connectivity index (χ1v) is 8.47. The van der Waals surface area contributed by atoms with E-state index < -0.39 is 0 Å². The summed E-state index contributed by atoms with van der Waals surface area (Å²) in [6.45, 7) is 5.73. The highest BCUT2D eigenvalue weighted by molar-refractivity contribution is 5.95. The van der Waals surface area contributed by atoms with Crippen LogP contribution in [0.4, 0.5) is 11.5 Å². The number of para-hydroxylation sites is 1. The van der Waals surface area contributed by atoms with Crippen molar-refractivity contribution in [2.45, 2.75) is 6.92 Å². The van der Waals surface area contributed by atoms with E-state index in [4.69, 9.17) is 4.74 Å². The summed E-state index contributed by atoms with van der Waals surface area (Å²) in [4.78, 5) is 18.1. The van der Waals surface area contributed by atoms with Gasteiger partial charge in [-0.25, -0.2) is 4.98 Å². The van der Waals surface area contributed by atoms with Crippen LogP contribution in [0.15, 0.2) is 42.9 Å². The molecule has 3 aromatic rings. The molecule has 1 aliphatic heterocycles. The number of anilines is 2. The second kappa shape index (κ2) is 6.55. The Bertz CT molecular complexity index is 890. The fourth-order valence-electron chi connectivity index (χ4n) is 3.44. The average molecular weight is 335 g/mol. The maximum atomic E-state index is 5.45. The monoisotopic (exact) mass is 335 g/mol. The summed E-state index contributed by atoms with van der Waals surface area (Å²) < 4.78 is 5.45. The van der Waals surface area contributed by atoms with Gasteiger partial charge in [-0.2, -0.15) is 0 Å². The average Bonchev–Trinajstić information content (AvgIpc) is 2.67. The lowest BCUT2D eigenvalue weighted by Crippen LogP contribution is -2.47. The maximum Gasteiger partial charge on any atom is 0.150 e. The zero-order valence-corrected chi connectivity index (χ0v) is 14.5. The summed E-state index contributed by atoms with van der Waals surface area (Å²) in [5.74, 6) is 1.80.